The van der Waals surface area contributed by atoms with Crippen LogP contribution in [0.4, 0.5) is 0 Å². The predicted octanol–water partition coefficient (Wildman–Crippen LogP) is 2.30. The number of benzene rings is 1. The van der Waals surface area contributed by atoms with Crippen molar-refractivity contribution >= 4 is 18.0 Å². The van der Waals surface area contributed by atoms with E-state index in [1.165, 1.54) is 11.6 Å². The van der Waals surface area contributed by atoms with E-state index < -0.39 is 11.4 Å². The SMILES string of the molecule is Cc1ccc(/C=C/C(=O)NCC2(C(=O)O)CC2)c(C)c1. The number of carboxylic acid groups (broad SMARTS) is 1. The number of aryl methyl sites for hydroxylation is 2. The minimum atomic E-state index is -0.823. The number of amides is 1. The van der Waals surface area contributed by atoms with Crippen LogP contribution in [0, 0.1) is 19.3 Å². The zero-order valence-electron chi connectivity index (χ0n) is 11.8. The summed E-state index contributed by atoms with van der Waals surface area (Å²) in [6, 6.07) is 6.02. The molecular weight excluding hydrogens is 254 g/mol. The van der Waals surface area contributed by atoms with Gasteiger partial charge in [0.2, 0.25) is 5.91 Å². The first-order valence-corrected chi connectivity index (χ1v) is 6.69. The van der Waals surface area contributed by atoms with Gasteiger partial charge in [-0.2, -0.15) is 0 Å². The van der Waals surface area contributed by atoms with Crippen LogP contribution in [0.5, 0.6) is 0 Å². The van der Waals surface area contributed by atoms with Crippen molar-refractivity contribution in [2.75, 3.05) is 6.54 Å². The van der Waals surface area contributed by atoms with Crippen molar-refractivity contribution in [3.8, 4) is 0 Å². The molecule has 1 aromatic rings. The van der Waals surface area contributed by atoms with Crippen LogP contribution in [0.3, 0.4) is 0 Å². The maximum Gasteiger partial charge on any atom is 0.311 e. The predicted molar refractivity (Wildman–Crippen MR) is 77.3 cm³/mol. The normalized spacial score (nSPS) is 16.1. The molecule has 20 heavy (non-hydrogen) atoms. The molecule has 2 rings (SSSR count). The molecule has 4 heteroatoms. The molecule has 0 heterocycles. The number of rotatable bonds is 5. The Morgan fingerprint density at radius 3 is 2.60 bits per heavy atom. The second-order valence-corrected chi connectivity index (χ2v) is 5.50. The van der Waals surface area contributed by atoms with Crippen LogP contribution in [-0.2, 0) is 9.59 Å². The van der Waals surface area contributed by atoms with Crippen molar-refractivity contribution in [3.63, 3.8) is 0 Å². The van der Waals surface area contributed by atoms with E-state index in [0.717, 1.165) is 11.1 Å². The highest BCUT2D eigenvalue weighted by molar-refractivity contribution is 5.92. The Kier molecular flexibility index (Phi) is 3.93. The molecule has 1 aromatic carbocycles. The fourth-order valence-electron chi connectivity index (χ4n) is 2.11. The van der Waals surface area contributed by atoms with E-state index in [2.05, 4.69) is 11.4 Å². The summed E-state index contributed by atoms with van der Waals surface area (Å²) < 4.78 is 0. The Balaban J connectivity index is 1.91. The van der Waals surface area contributed by atoms with Gasteiger partial charge in [-0.25, -0.2) is 0 Å². The summed E-state index contributed by atoms with van der Waals surface area (Å²) in [6.07, 6.45) is 4.49. The second kappa shape index (κ2) is 5.49. The summed E-state index contributed by atoms with van der Waals surface area (Å²) >= 11 is 0. The molecule has 0 aliphatic heterocycles. The van der Waals surface area contributed by atoms with E-state index in [-0.39, 0.29) is 12.5 Å². The van der Waals surface area contributed by atoms with Gasteiger partial charge in [-0.1, -0.05) is 23.8 Å². The number of aliphatic carboxylic acids is 1. The van der Waals surface area contributed by atoms with Gasteiger partial charge in [0.05, 0.1) is 5.41 Å². The zero-order chi connectivity index (χ0) is 14.8. The first-order valence-electron chi connectivity index (χ1n) is 6.69. The minimum Gasteiger partial charge on any atom is -0.481 e. The zero-order valence-corrected chi connectivity index (χ0v) is 11.8. The molecule has 1 aliphatic carbocycles. The molecule has 2 N–H and O–H groups in total. The highest BCUT2D eigenvalue weighted by Gasteiger charge is 2.50. The highest BCUT2D eigenvalue weighted by Crippen LogP contribution is 2.45. The lowest BCUT2D eigenvalue weighted by molar-refractivity contribution is -0.143. The van der Waals surface area contributed by atoms with Crippen molar-refractivity contribution < 1.29 is 14.7 Å². The molecule has 1 aliphatic rings. The van der Waals surface area contributed by atoms with Crippen LogP contribution in [0.1, 0.15) is 29.5 Å². The number of nitrogens with one attached hydrogen (secondary N) is 1. The van der Waals surface area contributed by atoms with Gasteiger partial charge in [0.1, 0.15) is 0 Å². The molecule has 0 unspecified atom stereocenters. The third-order valence-electron chi connectivity index (χ3n) is 3.75. The Labute approximate surface area is 118 Å². The quantitative estimate of drug-likeness (QED) is 0.809. The molecule has 0 aromatic heterocycles. The van der Waals surface area contributed by atoms with E-state index in [0.29, 0.717) is 12.8 Å². The first kappa shape index (κ1) is 14.3. The first-order chi connectivity index (χ1) is 9.43. The lowest BCUT2D eigenvalue weighted by atomic mass is 10.1. The van der Waals surface area contributed by atoms with Gasteiger partial charge in [0.15, 0.2) is 0 Å². The fourth-order valence-corrected chi connectivity index (χ4v) is 2.11. The summed E-state index contributed by atoms with van der Waals surface area (Å²) in [7, 11) is 0. The minimum absolute atomic E-state index is 0.207. The Morgan fingerprint density at radius 2 is 2.05 bits per heavy atom. The van der Waals surface area contributed by atoms with Gasteiger partial charge >= 0.3 is 5.97 Å². The van der Waals surface area contributed by atoms with Gasteiger partial charge in [-0.05, 0) is 43.9 Å². The molecule has 1 amide bonds. The number of hydrogen-bond acceptors (Lipinski definition) is 2. The summed E-state index contributed by atoms with van der Waals surface area (Å²) in [6.45, 7) is 4.22. The van der Waals surface area contributed by atoms with Crippen molar-refractivity contribution in [2.24, 2.45) is 5.41 Å². The summed E-state index contributed by atoms with van der Waals surface area (Å²) in [5, 5.41) is 11.7. The molecular formula is C16H19NO3. The van der Waals surface area contributed by atoms with Crippen molar-refractivity contribution in [3.05, 3.63) is 41.0 Å². The van der Waals surface area contributed by atoms with Crippen molar-refractivity contribution in [1.29, 1.82) is 0 Å². The van der Waals surface area contributed by atoms with Crippen LogP contribution in [0.25, 0.3) is 6.08 Å². The lowest BCUT2D eigenvalue weighted by Gasteiger charge is -2.09. The maximum atomic E-state index is 11.7. The molecule has 0 saturated heterocycles. The smallest absolute Gasteiger partial charge is 0.311 e. The van der Waals surface area contributed by atoms with Gasteiger partial charge < -0.3 is 10.4 Å². The van der Waals surface area contributed by atoms with Gasteiger partial charge in [0.25, 0.3) is 0 Å². The third-order valence-corrected chi connectivity index (χ3v) is 3.75. The molecule has 1 saturated carbocycles. The van der Waals surface area contributed by atoms with E-state index in [9.17, 15) is 9.59 Å². The second-order valence-electron chi connectivity index (χ2n) is 5.50. The van der Waals surface area contributed by atoms with E-state index in [4.69, 9.17) is 5.11 Å². The third kappa shape index (κ3) is 3.26. The monoisotopic (exact) mass is 273 g/mol. The largest absolute Gasteiger partial charge is 0.481 e. The Hall–Kier alpha value is -2.10. The lowest BCUT2D eigenvalue weighted by Crippen LogP contribution is -2.33. The average molecular weight is 273 g/mol. The topological polar surface area (TPSA) is 66.4 Å². The standard InChI is InChI=1S/C16H19NO3/c1-11-3-4-13(12(2)9-11)5-6-14(18)17-10-16(7-8-16)15(19)20/h3-6,9H,7-8,10H2,1-2H3,(H,17,18)(H,19,20)/b6-5+. The average Bonchev–Trinajstić information content (AvgIpc) is 3.16. The van der Waals surface area contributed by atoms with E-state index in [1.807, 2.05) is 26.0 Å². The van der Waals surface area contributed by atoms with Crippen LogP contribution in [0.2, 0.25) is 0 Å². The highest BCUT2D eigenvalue weighted by atomic mass is 16.4. The van der Waals surface area contributed by atoms with Gasteiger partial charge in [-0.15, -0.1) is 0 Å². The van der Waals surface area contributed by atoms with Crippen LogP contribution >= 0.6 is 0 Å². The summed E-state index contributed by atoms with van der Waals surface area (Å²) in [5.41, 5.74) is 2.56. The molecule has 0 atom stereocenters. The fraction of sp³-hybridized carbons (Fsp3) is 0.375. The summed E-state index contributed by atoms with van der Waals surface area (Å²) in [4.78, 5) is 22.7. The Morgan fingerprint density at radius 1 is 1.35 bits per heavy atom. The molecule has 0 spiro atoms. The van der Waals surface area contributed by atoms with Crippen LogP contribution in [0.15, 0.2) is 24.3 Å². The van der Waals surface area contributed by atoms with Crippen LogP contribution in [-0.4, -0.2) is 23.5 Å². The number of carbonyl (C=O) groups excluding carboxylic acids is 1. The van der Waals surface area contributed by atoms with E-state index >= 15 is 0 Å². The number of hydrogen-bond donors (Lipinski definition) is 2. The molecule has 1 fully saturated rings. The van der Waals surface area contributed by atoms with E-state index in [1.54, 1.807) is 6.08 Å². The number of carboxylic acids is 1. The van der Waals surface area contributed by atoms with Crippen molar-refractivity contribution in [2.45, 2.75) is 26.7 Å². The Bertz CT molecular complexity index is 571. The van der Waals surface area contributed by atoms with Crippen molar-refractivity contribution in [1.82, 2.24) is 5.32 Å². The summed E-state index contributed by atoms with van der Waals surface area (Å²) in [5.74, 6) is -1.08. The molecule has 4 nitrogen and oxygen atoms in total. The molecule has 0 radical (unpaired) electrons. The number of carbonyl (C=O) groups is 2. The van der Waals surface area contributed by atoms with Gasteiger partial charge in [-0.3, -0.25) is 9.59 Å². The maximum absolute atomic E-state index is 11.7. The molecule has 106 valence electrons. The van der Waals surface area contributed by atoms with Crippen LogP contribution < -0.4 is 5.32 Å². The molecule has 0 bridgehead atoms. The van der Waals surface area contributed by atoms with Gasteiger partial charge in [0, 0.05) is 12.6 Å².